The van der Waals surface area contributed by atoms with Crippen LogP contribution in [0.3, 0.4) is 0 Å². The van der Waals surface area contributed by atoms with Crippen LogP contribution >= 0.6 is 0 Å². The van der Waals surface area contributed by atoms with E-state index in [0.717, 1.165) is 18.0 Å². The molecule has 14 heteroatoms. The number of hydrogen-bond acceptors (Lipinski definition) is 11. The summed E-state index contributed by atoms with van der Waals surface area (Å²) >= 11 is 0. The molecule has 1 aromatic heterocycles. The zero-order chi connectivity index (χ0) is 45.2. The second-order valence-electron chi connectivity index (χ2n) is 16.8. The standard InChI is InChI=1S/C42H56N4O9S/c1-25-9-7-8-10-27-22-42(27,40(50)44-56(51,52)29-11-12-29)23-35(47)34-20-28(24-46(34)39(49)32(26(2)19-25)21-36(48)55-41(3,4)5)54-38-31-13-14-33-37(30(31)15-16-43-38)53-18-17-45(33)6/h8,10,13-16,25-29,32,34H,7,9,11-12,17-24H2,1-6H3,(H,44,50)/b10-8-/t25-,26-,27-,28-,32+,34+,42-/m1/s1/i3D3,4D3. The fraction of sp³-hybridized carbons (Fsp3) is 0.643. The third kappa shape index (κ3) is 8.40. The van der Waals surface area contributed by atoms with E-state index in [1.807, 2.05) is 44.3 Å². The number of pyridine rings is 1. The number of esters is 1. The first-order chi connectivity index (χ1) is 29.0. The number of allylic oxidation sites excluding steroid dienone is 2. The normalized spacial score (nSPS) is 32.6. The van der Waals surface area contributed by atoms with Gasteiger partial charge in [-0.25, -0.2) is 13.4 Å². The fourth-order valence-corrected chi connectivity index (χ4v) is 10.1. The maximum Gasteiger partial charge on any atom is 0.307 e. The topological polar surface area (TPSA) is 162 Å². The van der Waals surface area contributed by atoms with Gasteiger partial charge in [0.05, 0.1) is 47.8 Å². The third-order valence-corrected chi connectivity index (χ3v) is 13.9. The molecule has 0 radical (unpaired) electrons. The van der Waals surface area contributed by atoms with Crippen LogP contribution in [0.5, 0.6) is 11.6 Å². The van der Waals surface area contributed by atoms with Crippen molar-refractivity contribution in [1.82, 2.24) is 14.6 Å². The number of benzene rings is 1. The van der Waals surface area contributed by atoms with Crippen molar-refractivity contribution in [2.45, 2.75) is 115 Å². The molecule has 3 aliphatic heterocycles. The maximum atomic E-state index is 15.1. The number of anilines is 1. The molecule has 5 aliphatic rings. The second kappa shape index (κ2) is 15.3. The first kappa shape index (κ1) is 32.8. The van der Waals surface area contributed by atoms with Crippen LogP contribution in [0, 0.1) is 29.1 Å². The number of amides is 2. The molecule has 7 rings (SSSR count). The highest BCUT2D eigenvalue weighted by atomic mass is 32.2. The highest BCUT2D eigenvalue weighted by molar-refractivity contribution is 7.90. The molecule has 2 aromatic rings. The number of carbonyl (C=O) groups excluding carboxylic acids is 4. The summed E-state index contributed by atoms with van der Waals surface area (Å²) in [6.07, 6.45) is 6.30. The fourth-order valence-electron chi connectivity index (χ4n) is 8.73. The Hall–Kier alpha value is -4.20. The van der Waals surface area contributed by atoms with Crippen molar-refractivity contribution in [2.75, 3.05) is 31.6 Å². The monoisotopic (exact) mass is 798 g/mol. The van der Waals surface area contributed by atoms with Gasteiger partial charge < -0.3 is 24.0 Å². The summed E-state index contributed by atoms with van der Waals surface area (Å²) in [5.41, 5.74) is -3.35. The van der Waals surface area contributed by atoms with Gasteiger partial charge in [-0.3, -0.25) is 23.9 Å². The van der Waals surface area contributed by atoms with E-state index in [-0.39, 0.29) is 37.6 Å². The van der Waals surface area contributed by atoms with Crippen LogP contribution in [0.4, 0.5) is 5.69 Å². The van der Waals surface area contributed by atoms with Gasteiger partial charge in [-0.05, 0) is 95.1 Å². The number of sulfonamides is 1. The van der Waals surface area contributed by atoms with E-state index in [9.17, 15) is 22.8 Å². The second-order valence-corrected chi connectivity index (χ2v) is 18.8. The number of nitrogens with zero attached hydrogens (tertiary/aromatic N) is 3. The molecule has 0 spiro atoms. The van der Waals surface area contributed by atoms with Crippen LogP contribution in [0.25, 0.3) is 10.8 Å². The number of nitrogens with one attached hydrogen (secondary N) is 1. The number of carbonyl (C=O) groups is 4. The molecule has 7 atom stereocenters. The Morgan fingerprint density at radius 2 is 1.91 bits per heavy atom. The van der Waals surface area contributed by atoms with Gasteiger partial charge in [0, 0.05) is 45.1 Å². The minimum atomic E-state index is -3.94. The van der Waals surface area contributed by atoms with Crippen molar-refractivity contribution in [3.8, 4) is 11.6 Å². The molecular weight excluding hydrogens is 737 g/mol. The average molecular weight is 799 g/mol. The SMILES string of the molecule is [2H]C([2H])([2H])C(C)(OC(=O)C[C@@H]1C(=O)N2C[C@H](Oc3nccc4c5c(ccc34)N(C)CCO5)C[C@H]2C(=O)C[C@]2(C(=O)NS(=O)(=O)C3CC3)C[C@H]2/C=C\CC[C@@H](C)C[C@H]1C)C([2H])([2H])[2H]. The summed E-state index contributed by atoms with van der Waals surface area (Å²) < 4.78 is 93.8. The van der Waals surface area contributed by atoms with Crippen molar-refractivity contribution in [3.05, 3.63) is 36.5 Å². The zero-order valence-corrected chi connectivity index (χ0v) is 33.2. The van der Waals surface area contributed by atoms with E-state index in [4.69, 9.17) is 22.4 Å². The molecule has 2 saturated carbocycles. The molecule has 4 heterocycles. The van der Waals surface area contributed by atoms with E-state index < -0.39 is 99.9 Å². The lowest BCUT2D eigenvalue weighted by Gasteiger charge is -2.32. The molecule has 56 heavy (non-hydrogen) atoms. The van der Waals surface area contributed by atoms with Gasteiger partial charge in [-0.15, -0.1) is 0 Å². The molecule has 3 fully saturated rings. The lowest BCUT2D eigenvalue weighted by molar-refractivity contribution is -0.160. The van der Waals surface area contributed by atoms with Crippen molar-refractivity contribution >= 4 is 50.1 Å². The number of rotatable bonds is 7. The Labute approximate surface area is 338 Å². The molecular formula is C42H56N4O9S. The number of fused-ring (bicyclic) bond motifs is 5. The Balaban J connectivity index is 1.24. The number of aromatic nitrogens is 1. The van der Waals surface area contributed by atoms with Crippen LogP contribution in [0.1, 0.15) is 100 Å². The minimum absolute atomic E-state index is 0.0103. The molecule has 304 valence electrons. The number of hydrogen-bond donors (Lipinski definition) is 1. The summed E-state index contributed by atoms with van der Waals surface area (Å²) in [6.45, 7) is -0.818. The third-order valence-electron chi connectivity index (χ3n) is 12.1. The van der Waals surface area contributed by atoms with E-state index in [2.05, 4.69) is 14.6 Å². The summed E-state index contributed by atoms with van der Waals surface area (Å²) in [5, 5.41) is 0.724. The van der Waals surface area contributed by atoms with Crippen LogP contribution in [0.15, 0.2) is 36.5 Å². The Kier molecular flexibility index (Phi) is 8.96. The average Bonchev–Trinajstić information content (AvgIpc) is 4.11. The zero-order valence-electron chi connectivity index (χ0n) is 38.4. The predicted molar refractivity (Wildman–Crippen MR) is 211 cm³/mol. The Bertz CT molecular complexity index is 2240. The van der Waals surface area contributed by atoms with Crippen molar-refractivity contribution in [2.24, 2.45) is 29.1 Å². The number of Topliss-reactive ketones (excluding diaryl/α,β-unsaturated/α-hetero) is 1. The molecule has 0 unspecified atom stereocenters. The van der Waals surface area contributed by atoms with Gasteiger partial charge in [-0.2, -0.15) is 0 Å². The Morgan fingerprint density at radius 1 is 1.12 bits per heavy atom. The highest BCUT2D eigenvalue weighted by Crippen LogP contribution is 2.57. The van der Waals surface area contributed by atoms with Gasteiger partial charge in [-0.1, -0.05) is 26.0 Å². The van der Waals surface area contributed by atoms with E-state index in [1.165, 1.54) is 4.90 Å². The largest absolute Gasteiger partial charge is 0.489 e. The molecule has 1 N–H and O–H groups in total. The first-order valence-corrected chi connectivity index (χ1v) is 21.2. The summed E-state index contributed by atoms with van der Waals surface area (Å²) in [7, 11) is -1.98. The summed E-state index contributed by atoms with van der Waals surface area (Å²) in [5.74, 6) is -4.28. The molecule has 0 bridgehead atoms. The maximum absolute atomic E-state index is 15.1. The van der Waals surface area contributed by atoms with Crippen LogP contribution in [0.2, 0.25) is 0 Å². The minimum Gasteiger partial charge on any atom is -0.489 e. The lowest BCUT2D eigenvalue weighted by Crippen LogP contribution is -2.47. The lowest BCUT2D eigenvalue weighted by atomic mass is 9.82. The molecule has 1 aromatic carbocycles. The van der Waals surface area contributed by atoms with Crippen molar-refractivity contribution in [1.29, 1.82) is 0 Å². The predicted octanol–water partition coefficient (Wildman–Crippen LogP) is 5.35. The van der Waals surface area contributed by atoms with Crippen LogP contribution in [-0.2, 0) is 33.9 Å². The molecule has 13 nitrogen and oxygen atoms in total. The molecule has 1 saturated heterocycles. The Morgan fingerprint density at radius 3 is 2.66 bits per heavy atom. The highest BCUT2D eigenvalue weighted by Gasteiger charge is 2.61. The quantitative estimate of drug-likeness (QED) is 0.284. The number of ketones is 1. The van der Waals surface area contributed by atoms with Gasteiger partial charge in [0.25, 0.3) is 0 Å². The summed E-state index contributed by atoms with van der Waals surface area (Å²) in [4.78, 5) is 65.5. The van der Waals surface area contributed by atoms with Gasteiger partial charge in [0.1, 0.15) is 18.3 Å². The number of likely N-dealkylation sites (N-methyl/N-ethyl adjacent to an activating group) is 1. The first-order valence-electron chi connectivity index (χ1n) is 22.7. The van der Waals surface area contributed by atoms with Crippen LogP contribution in [-0.4, -0.2) is 91.6 Å². The van der Waals surface area contributed by atoms with E-state index in [1.54, 1.807) is 13.1 Å². The van der Waals surface area contributed by atoms with Crippen molar-refractivity contribution in [3.63, 3.8) is 0 Å². The van der Waals surface area contributed by atoms with Crippen molar-refractivity contribution < 1.29 is 50.0 Å². The van der Waals surface area contributed by atoms with E-state index in [0.29, 0.717) is 56.4 Å². The van der Waals surface area contributed by atoms with Gasteiger partial charge in [0.15, 0.2) is 11.5 Å². The molecule has 2 aliphatic carbocycles. The van der Waals surface area contributed by atoms with Crippen LogP contribution < -0.4 is 19.1 Å². The van der Waals surface area contributed by atoms with Gasteiger partial charge in [0.2, 0.25) is 27.7 Å². The summed E-state index contributed by atoms with van der Waals surface area (Å²) in [6, 6.07) is 4.41. The van der Waals surface area contributed by atoms with E-state index >= 15 is 4.79 Å². The molecule has 2 amide bonds. The smallest absolute Gasteiger partial charge is 0.307 e. The number of ether oxygens (including phenoxy) is 3. The van der Waals surface area contributed by atoms with Gasteiger partial charge >= 0.3 is 5.97 Å².